The maximum Gasteiger partial charge on any atom is 0.418 e. The molecule has 0 aromatic heterocycles. The molecule has 0 aliphatic rings. The molecule has 0 aliphatic carbocycles. The van der Waals surface area contributed by atoms with Gasteiger partial charge in [0.25, 0.3) is 0 Å². The average Bonchev–Trinajstić information content (AvgIpc) is 2.27. The fourth-order valence-electron chi connectivity index (χ4n) is 1.24. The van der Waals surface area contributed by atoms with Gasteiger partial charge in [-0.3, -0.25) is 15.5 Å². The standard InChI is InChI=1S/C11H13F3N2O2/c1-6(2)10(17)15-7-3-4-9(16-18)8(5-7)11(12,13)14/h3-6,16,18H,1-2H3,(H,15,17). The fraction of sp³-hybridized carbons (Fsp3) is 0.364. The van der Waals surface area contributed by atoms with Gasteiger partial charge in [0.2, 0.25) is 5.91 Å². The van der Waals surface area contributed by atoms with Gasteiger partial charge in [-0.05, 0) is 18.2 Å². The van der Waals surface area contributed by atoms with Crippen LogP contribution in [0.3, 0.4) is 0 Å². The van der Waals surface area contributed by atoms with Crippen LogP contribution in [0.1, 0.15) is 19.4 Å². The zero-order valence-electron chi connectivity index (χ0n) is 9.80. The molecule has 0 saturated heterocycles. The lowest BCUT2D eigenvalue weighted by Gasteiger charge is -2.14. The number of hydrogen-bond acceptors (Lipinski definition) is 3. The number of carbonyl (C=O) groups is 1. The Morgan fingerprint density at radius 2 is 1.94 bits per heavy atom. The number of anilines is 2. The highest BCUT2D eigenvalue weighted by Crippen LogP contribution is 2.36. The normalized spacial score (nSPS) is 11.5. The molecule has 0 radical (unpaired) electrons. The van der Waals surface area contributed by atoms with E-state index in [0.29, 0.717) is 0 Å². The van der Waals surface area contributed by atoms with E-state index >= 15 is 0 Å². The third-order valence-corrected chi connectivity index (χ3v) is 2.24. The second-order valence-electron chi connectivity index (χ2n) is 4.01. The van der Waals surface area contributed by atoms with Crippen molar-refractivity contribution < 1.29 is 23.2 Å². The Kier molecular flexibility index (Phi) is 4.18. The number of amides is 1. The van der Waals surface area contributed by atoms with Gasteiger partial charge in [0.15, 0.2) is 0 Å². The maximum absolute atomic E-state index is 12.6. The van der Waals surface area contributed by atoms with Crippen LogP contribution in [-0.2, 0) is 11.0 Å². The summed E-state index contributed by atoms with van der Waals surface area (Å²) >= 11 is 0. The summed E-state index contributed by atoms with van der Waals surface area (Å²) in [6, 6.07) is 3.08. The molecule has 1 amide bonds. The first-order valence-electron chi connectivity index (χ1n) is 5.18. The quantitative estimate of drug-likeness (QED) is 0.733. The van der Waals surface area contributed by atoms with Crippen LogP contribution in [0.15, 0.2) is 18.2 Å². The molecule has 0 bridgehead atoms. The second-order valence-corrected chi connectivity index (χ2v) is 4.01. The lowest BCUT2D eigenvalue weighted by molar-refractivity contribution is -0.137. The molecule has 3 N–H and O–H groups in total. The first kappa shape index (κ1) is 14.3. The van der Waals surface area contributed by atoms with Gasteiger partial charge in [-0.15, -0.1) is 0 Å². The molecular weight excluding hydrogens is 249 g/mol. The maximum atomic E-state index is 12.6. The highest BCUT2D eigenvalue weighted by atomic mass is 19.4. The topological polar surface area (TPSA) is 61.4 Å². The van der Waals surface area contributed by atoms with E-state index in [1.165, 1.54) is 11.5 Å². The predicted octanol–water partition coefficient (Wildman–Crippen LogP) is 3.10. The van der Waals surface area contributed by atoms with Crippen molar-refractivity contribution in [1.29, 1.82) is 0 Å². The molecule has 4 nitrogen and oxygen atoms in total. The molecule has 7 heteroatoms. The van der Waals surface area contributed by atoms with Gasteiger partial charge in [0.05, 0.1) is 11.3 Å². The predicted molar refractivity (Wildman–Crippen MR) is 60.3 cm³/mol. The van der Waals surface area contributed by atoms with Crippen LogP contribution in [0.4, 0.5) is 24.5 Å². The van der Waals surface area contributed by atoms with E-state index in [-0.39, 0.29) is 17.5 Å². The molecule has 0 saturated carbocycles. The summed E-state index contributed by atoms with van der Waals surface area (Å²) in [6.45, 7) is 3.26. The monoisotopic (exact) mass is 262 g/mol. The Morgan fingerprint density at radius 3 is 2.39 bits per heavy atom. The largest absolute Gasteiger partial charge is 0.418 e. The molecule has 18 heavy (non-hydrogen) atoms. The Bertz CT molecular complexity index is 444. The van der Waals surface area contributed by atoms with Crippen molar-refractivity contribution in [2.24, 2.45) is 5.92 Å². The summed E-state index contributed by atoms with van der Waals surface area (Å²) in [5.41, 5.74) is -0.0165. The van der Waals surface area contributed by atoms with Crippen molar-refractivity contribution in [3.8, 4) is 0 Å². The van der Waals surface area contributed by atoms with E-state index in [1.54, 1.807) is 13.8 Å². The summed E-state index contributed by atoms with van der Waals surface area (Å²) in [5.74, 6) is -0.720. The van der Waals surface area contributed by atoms with E-state index in [0.717, 1.165) is 12.1 Å². The van der Waals surface area contributed by atoms with Crippen molar-refractivity contribution in [1.82, 2.24) is 0 Å². The van der Waals surface area contributed by atoms with Gasteiger partial charge in [-0.2, -0.15) is 13.2 Å². The van der Waals surface area contributed by atoms with Crippen molar-refractivity contribution in [2.45, 2.75) is 20.0 Å². The number of alkyl halides is 3. The van der Waals surface area contributed by atoms with Crippen LogP contribution in [0, 0.1) is 5.92 Å². The first-order valence-corrected chi connectivity index (χ1v) is 5.18. The molecule has 1 rings (SSSR count). The molecular formula is C11H13F3N2O2. The fourth-order valence-corrected chi connectivity index (χ4v) is 1.24. The zero-order chi connectivity index (χ0) is 13.9. The highest BCUT2D eigenvalue weighted by Gasteiger charge is 2.34. The lowest BCUT2D eigenvalue weighted by Crippen LogP contribution is -2.18. The van der Waals surface area contributed by atoms with Crippen LogP contribution in [0.25, 0.3) is 0 Å². The Labute approximate surface area is 102 Å². The number of hydrogen-bond donors (Lipinski definition) is 3. The van der Waals surface area contributed by atoms with Crippen LogP contribution < -0.4 is 10.8 Å². The third kappa shape index (κ3) is 3.36. The molecule has 0 unspecified atom stereocenters. The highest BCUT2D eigenvalue weighted by molar-refractivity contribution is 5.92. The summed E-state index contributed by atoms with van der Waals surface area (Å²) in [6.07, 6.45) is -4.62. The molecule has 0 atom stereocenters. The Hall–Kier alpha value is -1.76. The number of rotatable bonds is 3. The van der Waals surface area contributed by atoms with Gasteiger partial charge in [0, 0.05) is 11.6 Å². The van der Waals surface area contributed by atoms with Crippen molar-refractivity contribution in [2.75, 3.05) is 10.8 Å². The van der Waals surface area contributed by atoms with Gasteiger partial charge < -0.3 is 5.32 Å². The minimum absolute atomic E-state index is 0.0278. The molecule has 0 fully saturated rings. The Balaban J connectivity index is 3.08. The van der Waals surface area contributed by atoms with E-state index in [9.17, 15) is 18.0 Å². The van der Waals surface area contributed by atoms with Crippen LogP contribution in [-0.4, -0.2) is 11.1 Å². The minimum atomic E-state index is -4.62. The second kappa shape index (κ2) is 5.26. The summed E-state index contributed by atoms with van der Waals surface area (Å²) in [4.78, 5) is 11.4. The molecule has 1 aromatic carbocycles. The summed E-state index contributed by atoms with van der Waals surface area (Å²) < 4.78 is 37.9. The summed E-state index contributed by atoms with van der Waals surface area (Å²) in [7, 11) is 0. The zero-order valence-corrected chi connectivity index (χ0v) is 9.80. The molecule has 100 valence electrons. The van der Waals surface area contributed by atoms with Gasteiger partial charge in [0.1, 0.15) is 0 Å². The molecule has 0 aliphatic heterocycles. The third-order valence-electron chi connectivity index (χ3n) is 2.24. The number of benzene rings is 1. The van der Waals surface area contributed by atoms with Crippen LogP contribution >= 0.6 is 0 Å². The van der Waals surface area contributed by atoms with Crippen LogP contribution in [0.5, 0.6) is 0 Å². The first-order chi connectivity index (χ1) is 8.25. The van der Waals surface area contributed by atoms with Gasteiger partial charge in [-0.25, -0.2) is 0 Å². The van der Waals surface area contributed by atoms with Gasteiger partial charge >= 0.3 is 6.18 Å². The van der Waals surface area contributed by atoms with Crippen molar-refractivity contribution in [3.63, 3.8) is 0 Å². The SMILES string of the molecule is CC(C)C(=O)Nc1ccc(NO)c(C(F)(F)F)c1. The Morgan fingerprint density at radius 1 is 1.33 bits per heavy atom. The van der Waals surface area contributed by atoms with E-state index in [4.69, 9.17) is 5.21 Å². The smallest absolute Gasteiger partial charge is 0.326 e. The average molecular weight is 262 g/mol. The molecule has 0 spiro atoms. The van der Waals surface area contributed by atoms with E-state index < -0.39 is 17.4 Å². The van der Waals surface area contributed by atoms with Crippen molar-refractivity contribution in [3.05, 3.63) is 23.8 Å². The van der Waals surface area contributed by atoms with E-state index in [2.05, 4.69) is 5.32 Å². The molecule has 0 heterocycles. The summed E-state index contributed by atoms with van der Waals surface area (Å²) in [5, 5.41) is 11.0. The van der Waals surface area contributed by atoms with Gasteiger partial charge in [-0.1, -0.05) is 13.8 Å². The van der Waals surface area contributed by atoms with Crippen LogP contribution in [0.2, 0.25) is 0 Å². The number of halogens is 3. The number of nitrogens with one attached hydrogen (secondary N) is 2. The van der Waals surface area contributed by atoms with E-state index in [1.807, 2.05) is 0 Å². The lowest BCUT2D eigenvalue weighted by atomic mass is 10.1. The molecule has 1 aromatic rings. The number of carbonyl (C=O) groups excluding carboxylic acids is 1. The minimum Gasteiger partial charge on any atom is -0.326 e. The van der Waals surface area contributed by atoms with Crippen molar-refractivity contribution >= 4 is 17.3 Å².